The molecule has 2 aromatic carbocycles. The fraction of sp³-hybridized carbons (Fsp3) is 0.636. The minimum Gasteiger partial charge on any atom is -0.491 e. The lowest BCUT2D eigenvalue weighted by atomic mass is 10.0. The van der Waals surface area contributed by atoms with Crippen molar-refractivity contribution in [2.24, 2.45) is 0 Å². The fourth-order valence-corrected chi connectivity index (χ4v) is 3.97. The predicted molar refractivity (Wildman–Crippen MR) is 160 cm³/mol. The molecule has 7 nitrogen and oxygen atoms in total. The third kappa shape index (κ3) is 19.8. The highest BCUT2D eigenvalue weighted by atomic mass is 16.6. The maximum absolute atomic E-state index is 5.77. The summed E-state index contributed by atoms with van der Waals surface area (Å²) in [7, 11) is 0. The van der Waals surface area contributed by atoms with E-state index >= 15 is 0 Å². The Hall–Kier alpha value is -2.16. The Morgan fingerprint density at radius 1 is 0.400 bits per heavy atom. The van der Waals surface area contributed by atoms with Crippen molar-refractivity contribution in [2.75, 3.05) is 79.3 Å². The van der Waals surface area contributed by atoms with Crippen molar-refractivity contribution < 1.29 is 33.2 Å². The van der Waals surface area contributed by atoms with Crippen LogP contribution in [0.2, 0.25) is 0 Å². The first-order chi connectivity index (χ1) is 19.9. The molecule has 40 heavy (non-hydrogen) atoms. The van der Waals surface area contributed by atoms with Crippen LogP contribution < -0.4 is 9.47 Å². The van der Waals surface area contributed by atoms with Crippen molar-refractivity contribution in [3.05, 3.63) is 60.2 Å². The van der Waals surface area contributed by atoms with Gasteiger partial charge in [0.15, 0.2) is 0 Å². The molecule has 0 aromatic heterocycles. The van der Waals surface area contributed by atoms with E-state index in [1.807, 2.05) is 30.3 Å². The molecular weight excluding hydrogens is 508 g/mol. The smallest absolute Gasteiger partial charge is 0.119 e. The number of para-hydroxylation sites is 1. The molecule has 226 valence electrons. The van der Waals surface area contributed by atoms with Gasteiger partial charge in [0.2, 0.25) is 0 Å². The van der Waals surface area contributed by atoms with Crippen LogP contribution in [-0.2, 0) is 30.1 Å². The second-order valence-corrected chi connectivity index (χ2v) is 9.59. The molecule has 0 aliphatic rings. The lowest BCUT2D eigenvalue weighted by molar-refractivity contribution is -0.0141. The van der Waals surface area contributed by atoms with Crippen molar-refractivity contribution in [3.8, 4) is 11.5 Å². The van der Waals surface area contributed by atoms with Crippen molar-refractivity contribution in [2.45, 2.75) is 58.3 Å². The van der Waals surface area contributed by atoms with Gasteiger partial charge >= 0.3 is 0 Å². The summed E-state index contributed by atoms with van der Waals surface area (Å²) in [6.07, 6.45) is 10.6. The summed E-state index contributed by atoms with van der Waals surface area (Å²) in [6, 6.07) is 18.2. The summed E-state index contributed by atoms with van der Waals surface area (Å²) in [4.78, 5) is 0. The van der Waals surface area contributed by atoms with Crippen LogP contribution in [0.4, 0.5) is 0 Å². The number of ether oxygens (including phenoxy) is 7. The normalized spacial score (nSPS) is 11.1. The molecule has 7 heteroatoms. The summed E-state index contributed by atoms with van der Waals surface area (Å²) in [5.41, 5.74) is 1.39. The third-order valence-electron chi connectivity index (χ3n) is 6.22. The first-order valence-corrected chi connectivity index (χ1v) is 15.2. The highest BCUT2D eigenvalue weighted by molar-refractivity contribution is 5.27. The molecule has 0 saturated carbocycles. The third-order valence-corrected chi connectivity index (χ3v) is 6.22. The van der Waals surface area contributed by atoms with Crippen LogP contribution >= 0.6 is 0 Å². The van der Waals surface area contributed by atoms with Gasteiger partial charge < -0.3 is 33.2 Å². The molecule has 0 heterocycles. The van der Waals surface area contributed by atoms with Crippen LogP contribution in [0.1, 0.15) is 57.4 Å². The van der Waals surface area contributed by atoms with Gasteiger partial charge in [0.05, 0.1) is 66.1 Å². The van der Waals surface area contributed by atoms with E-state index in [0.717, 1.165) is 17.9 Å². The summed E-state index contributed by atoms with van der Waals surface area (Å²) in [6.45, 7) is 8.71. The van der Waals surface area contributed by atoms with Gasteiger partial charge in [0.25, 0.3) is 0 Å². The van der Waals surface area contributed by atoms with E-state index in [9.17, 15) is 0 Å². The molecule has 0 atom stereocenters. The van der Waals surface area contributed by atoms with Crippen molar-refractivity contribution in [1.29, 1.82) is 0 Å². The largest absolute Gasteiger partial charge is 0.491 e. The Bertz CT molecular complexity index is 785. The lowest BCUT2D eigenvalue weighted by Crippen LogP contribution is -2.15. The van der Waals surface area contributed by atoms with E-state index in [2.05, 4.69) is 31.2 Å². The summed E-state index contributed by atoms with van der Waals surface area (Å²) in [5, 5.41) is 0. The van der Waals surface area contributed by atoms with Gasteiger partial charge in [-0.2, -0.15) is 0 Å². The Morgan fingerprint density at radius 2 is 0.800 bits per heavy atom. The van der Waals surface area contributed by atoms with Gasteiger partial charge in [0, 0.05) is 0 Å². The minimum absolute atomic E-state index is 0.528. The van der Waals surface area contributed by atoms with Gasteiger partial charge in [-0.15, -0.1) is 0 Å². The minimum atomic E-state index is 0.528. The lowest BCUT2D eigenvalue weighted by Gasteiger charge is -2.09. The van der Waals surface area contributed by atoms with E-state index in [1.165, 1.54) is 50.5 Å². The Labute approximate surface area is 242 Å². The van der Waals surface area contributed by atoms with Crippen LogP contribution in [-0.4, -0.2) is 79.3 Å². The number of hydrogen-bond donors (Lipinski definition) is 0. The Morgan fingerprint density at radius 3 is 1.27 bits per heavy atom. The molecule has 0 saturated heterocycles. The zero-order chi connectivity index (χ0) is 28.2. The van der Waals surface area contributed by atoms with Crippen LogP contribution in [0.15, 0.2) is 54.6 Å². The number of hydrogen-bond acceptors (Lipinski definition) is 7. The standard InChI is InChI=1S/C33H52O7/c1-2-3-4-5-6-7-9-12-31-15-17-33(18-16-31)40-30-28-38-26-24-36-22-20-34-19-21-35-23-25-37-27-29-39-32-13-10-8-11-14-32/h8,10-11,13-18H,2-7,9,12,19-30H2,1H3. The van der Waals surface area contributed by atoms with Crippen molar-refractivity contribution >= 4 is 0 Å². The summed E-state index contributed by atoms with van der Waals surface area (Å²) < 4.78 is 38.9. The van der Waals surface area contributed by atoms with E-state index in [-0.39, 0.29) is 0 Å². The van der Waals surface area contributed by atoms with E-state index in [4.69, 9.17) is 33.2 Å². The number of rotatable bonds is 28. The first-order valence-electron chi connectivity index (χ1n) is 15.2. The monoisotopic (exact) mass is 560 g/mol. The second-order valence-electron chi connectivity index (χ2n) is 9.59. The van der Waals surface area contributed by atoms with Crippen LogP contribution in [0.25, 0.3) is 0 Å². The Kier molecular flexibility index (Phi) is 21.9. The van der Waals surface area contributed by atoms with E-state index < -0.39 is 0 Å². The highest BCUT2D eigenvalue weighted by Crippen LogP contribution is 2.15. The van der Waals surface area contributed by atoms with Crippen LogP contribution in [0.5, 0.6) is 11.5 Å². The molecule has 0 aliphatic carbocycles. The summed E-state index contributed by atoms with van der Waals surface area (Å²) >= 11 is 0. The number of benzene rings is 2. The van der Waals surface area contributed by atoms with Gasteiger partial charge in [0.1, 0.15) is 24.7 Å². The molecule has 0 aliphatic heterocycles. The van der Waals surface area contributed by atoms with E-state index in [1.54, 1.807) is 0 Å². The highest BCUT2D eigenvalue weighted by Gasteiger charge is 1.99. The predicted octanol–water partition coefficient (Wildman–Crippen LogP) is 6.52. The molecule has 0 unspecified atom stereocenters. The zero-order valence-corrected chi connectivity index (χ0v) is 24.7. The Balaban J connectivity index is 1.26. The van der Waals surface area contributed by atoms with Crippen LogP contribution in [0, 0.1) is 0 Å². The quantitative estimate of drug-likeness (QED) is 0.110. The molecule has 2 aromatic rings. The molecule has 0 amide bonds. The maximum Gasteiger partial charge on any atom is 0.119 e. The van der Waals surface area contributed by atoms with Crippen molar-refractivity contribution in [1.82, 2.24) is 0 Å². The van der Waals surface area contributed by atoms with Gasteiger partial charge in [-0.1, -0.05) is 75.8 Å². The molecule has 2 rings (SSSR count). The molecular formula is C33H52O7. The molecule has 0 spiro atoms. The summed E-state index contributed by atoms with van der Waals surface area (Å²) in [5.74, 6) is 1.75. The molecule has 0 radical (unpaired) electrons. The number of aryl methyl sites for hydroxylation is 1. The maximum atomic E-state index is 5.77. The molecule has 0 N–H and O–H groups in total. The average molecular weight is 561 g/mol. The van der Waals surface area contributed by atoms with Gasteiger partial charge in [-0.3, -0.25) is 0 Å². The number of unbranched alkanes of at least 4 members (excludes halogenated alkanes) is 6. The van der Waals surface area contributed by atoms with E-state index in [0.29, 0.717) is 79.3 Å². The van der Waals surface area contributed by atoms with Crippen molar-refractivity contribution in [3.63, 3.8) is 0 Å². The topological polar surface area (TPSA) is 64.6 Å². The van der Waals surface area contributed by atoms with Crippen LogP contribution in [0.3, 0.4) is 0 Å². The second kappa shape index (κ2) is 25.8. The first kappa shape index (κ1) is 34.0. The fourth-order valence-electron chi connectivity index (χ4n) is 3.97. The van der Waals surface area contributed by atoms with Gasteiger partial charge in [-0.25, -0.2) is 0 Å². The molecule has 0 bridgehead atoms. The molecule has 0 fully saturated rings. The average Bonchev–Trinajstić information content (AvgIpc) is 2.99. The van der Waals surface area contributed by atoms with Gasteiger partial charge in [-0.05, 0) is 42.7 Å². The SMILES string of the molecule is CCCCCCCCCc1ccc(OCCOCCOCCOCCOCCOCCOc2ccccc2)cc1. The zero-order valence-electron chi connectivity index (χ0n) is 24.7.